The third-order valence-electron chi connectivity index (χ3n) is 1.66. The van der Waals surface area contributed by atoms with Gasteiger partial charge < -0.3 is 4.74 Å². The number of hydrogen-bond acceptors (Lipinski definition) is 6. The second-order valence-electron chi connectivity index (χ2n) is 2.82. The average Bonchev–Trinajstić information content (AvgIpc) is 2.31. The number of ether oxygens (including phenoxy) is 1. The number of carbonyl (C=O) groups excluding carboxylic acids is 2. The van der Waals surface area contributed by atoms with Crippen LogP contribution in [-0.4, -0.2) is 36.5 Å². The van der Waals surface area contributed by atoms with Crippen molar-refractivity contribution in [1.82, 2.24) is 4.98 Å². The molecule has 6 heteroatoms. The number of methoxy groups -OCH3 is 1. The summed E-state index contributed by atoms with van der Waals surface area (Å²) in [6.07, 6.45) is 3.51. The van der Waals surface area contributed by atoms with Crippen molar-refractivity contribution >= 4 is 23.5 Å². The Morgan fingerprint density at radius 2 is 2.25 bits per heavy atom. The number of nitrogens with zero attached hydrogens (tertiary/aromatic N) is 2. The number of anilines is 1. The van der Waals surface area contributed by atoms with Gasteiger partial charge in [-0.1, -0.05) is 0 Å². The standard InChI is InChI=1S/C10H11N3O3/c1-16-7-10(15)9(6-14)13-12-8-2-4-11-5-3-8/h2-6H,7H2,1H3,(H,11,12)/b13-9-. The molecule has 16 heavy (non-hydrogen) atoms. The number of ketones is 1. The minimum absolute atomic E-state index is 0.171. The Labute approximate surface area is 92.3 Å². The second-order valence-corrected chi connectivity index (χ2v) is 2.82. The van der Waals surface area contributed by atoms with E-state index in [1.807, 2.05) is 0 Å². The van der Waals surface area contributed by atoms with Crippen molar-refractivity contribution in [3.8, 4) is 0 Å². The van der Waals surface area contributed by atoms with Crippen LogP contribution in [0.4, 0.5) is 5.69 Å². The molecule has 0 aromatic carbocycles. The highest BCUT2D eigenvalue weighted by Crippen LogP contribution is 2.02. The lowest BCUT2D eigenvalue weighted by molar-refractivity contribution is -0.117. The maximum Gasteiger partial charge on any atom is 0.211 e. The highest BCUT2D eigenvalue weighted by Gasteiger charge is 2.09. The zero-order chi connectivity index (χ0) is 11.8. The molecule has 0 aliphatic carbocycles. The van der Waals surface area contributed by atoms with Gasteiger partial charge in [-0.15, -0.1) is 0 Å². The number of aromatic nitrogens is 1. The molecule has 1 aromatic heterocycles. The summed E-state index contributed by atoms with van der Waals surface area (Å²) in [5.41, 5.74) is 3.00. The monoisotopic (exact) mass is 221 g/mol. The number of aldehydes is 1. The molecule has 0 aliphatic rings. The number of nitrogens with one attached hydrogen (secondary N) is 1. The van der Waals surface area contributed by atoms with Gasteiger partial charge in [0.25, 0.3) is 0 Å². The molecule has 6 nitrogen and oxygen atoms in total. The van der Waals surface area contributed by atoms with E-state index in [0.717, 1.165) is 0 Å². The highest BCUT2D eigenvalue weighted by molar-refractivity contribution is 6.60. The summed E-state index contributed by atoms with van der Waals surface area (Å²) in [5, 5.41) is 3.67. The average molecular weight is 221 g/mol. The summed E-state index contributed by atoms with van der Waals surface area (Å²) < 4.78 is 4.61. The molecule has 1 aromatic rings. The first-order chi connectivity index (χ1) is 7.77. The normalized spacial score (nSPS) is 10.9. The maximum absolute atomic E-state index is 11.3. The summed E-state index contributed by atoms with van der Waals surface area (Å²) in [4.78, 5) is 25.7. The van der Waals surface area contributed by atoms with E-state index in [2.05, 4.69) is 20.2 Å². The van der Waals surface area contributed by atoms with Gasteiger partial charge in [0, 0.05) is 19.5 Å². The molecule has 0 bridgehead atoms. The Hall–Kier alpha value is -2.08. The number of hydrogen-bond donors (Lipinski definition) is 1. The Bertz CT molecular complexity index is 390. The van der Waals surface area contributed by atoms with Crippen LogP contribution in [0, 0.1) is 0 Å². The van der Waals surface area contributed by atoms with Crippen molar-refractivity contribution < 1.29 is 14.3 Å². The summed E-state index contributed by atoms with van der Waals surface area (Å²) in [5.74, 6) is -0.473. The number of Topliss-reactive ketones (excluding diaryl/α,β-unsaturated/α-hetero) is 1. The molecule has 0 fully saturated rings. The molecule has 1 N–H and O–H groups in total. The van der Waals surface area contributed by atoms with Crippen LogP contribution in [-0.2, 0) is 14.3 Å². The SMILES string of the molecule is COCC(=O)/C(C=O)=N\Nc1ccncc1. The van der Waals surface area contributed by atoms with Crippen LogP contribution in [0.3, 0.4) is 0 Å². The second kappa shape index (κ2) is 6.41. The molecule has 1 heterocycles. The third-order valence-corrected chi connectivity index (χ3v) is 1.66. The van der Waals surface area contributed by atoms with Crippen LogP contribution in [0.2, 0.25) is 0 Å². The topological polar surface area (TPSA) is 80.7 Å². The third kappa shape index (κ3) is 3.58. The van der Waals surface area contributed by atoms with Gasteiger partial charge >= 0.3 is 0 Å². The maximum atomic E-state index is 11.3. The Balaban J connectivity index is 2.67. The van der Waals surface area contributed by atoms with E-state index in [-0.39, 0.29) is 12.3 Å². The number of rotatable bonds is 6. The quantitative estimate of drug-likeness (QED) is 0.322. The molecule has 0 aliphatic heterocycles. The fourth-order valence-corrected chi connectivity index (χ4v) is 0.911. The van der Waals surface area contributed by atoms with Crippen molar-refractivity contribution in [1.29, 1.82) is 0 Å². The molecule has 0 radical (unpaired) electrons. The van der Waals surface area contributed by atoms with E-state index in [1.54, 1.807) is 24.5 Å². The van der Waals surface area contributed by atoms with Crippen molar-refractivity contribution in [2.24, 2.45) is 5.10 Å². The van der Waals surface area contributed by atoms with Crippen molar-refractivity contribution in [2.75, 3.05) is 19.1 Å². The predicted octanol–water partition coefficient (Wildman–Crippen LogP) is 0.264. The van der Waals surface area contributed by atoms with E-state index < -0.39 is 5.78 Å². The zero-order valence-corrected chi connectivity index (χ0v) is 8.71. The van der Waals surface area contributed by atoms with E-state index in [4.69, 9.17) is 0 Å². The largest absolute Gasteiger partial charge is 0.376 e. The van der Waals surface area contributed by atoms with Crippen LogP contribution in [0.1, 0.15) is 0 Å². The first kappa shape index (κ1) is 12.0. The Morgan fingerprint density at radius 3 is 2.81 bits per heavy atom. The van der Waals surface area contributed by atoms with Crippen LogP contribution in [0.5, 0.6) is 0 Å². The molecule has 0 spiro atoms. The van der Waals surface area contributed by atoms with Gasteiger partial charge in [0.05, 0.1) is 5.69 Å². The van der Waals surface area contributed by atoms with Gasteiger partial charge in [-0.25, -0.2) is 0 Å². The fourth-order valence-electron chi connectivity index (χ4n) is 0.911. The van der Waals surface area contributed by atoms with Crippen molar-refractivity contribution in [2.45, 2.75) is 0 Å². The zero-order valence-electron chi connectivity index (χ0n) is 8.71. The molecule has 84 valence electrons. The highest BCUT2D eigenvalue weighted by atomic mass is 16.5. The number of hydrazone groups is 1. The first-order valence-electron chi connectivity index (χ1n) is 4.49. The molecule has 0 amide bonds. The summed E-state index contributed by atoms with van der Waals surface area (Å²) in [7, 11) is 1.37. The van der Waals surface area contributed by atoms with Crippen LogP contribution in [0.15, 0.2) is 29.6 Å². The Kier molecular flexibility index (Phi) is 4.81. The molecule has 0 unspecified atom stereocenters. The van der Waals surface area contributed by atoms with Crippen LogP contribution >= 0.6 is 0 Å². The molecule has 0 saturated heterocycles. The van der Waals surface area contributed by atoms with E-state index in [9.17, 15) is 9.59 Å². The van der Waals surface area contributed by atoms with Gasteiger partial charge in [-0.3, -0.25) is 20.0 Å². The van der Waals surface area contributed by atoms with Crippen LogP contribution in [0.25, 0.3) is 0 Å². The minimum Gasteiger partial charge on any atom is -0.376 e. The molecule has 0 atom stereocenters. The van der Waals surface area contributed by atoms with Crippen LogP contribution < -0.4 is 5.43 Å². The van der Waals surface area contributed by atoms with Gasteiger partial charge in [0.15, 0.2) is 12.0 Å². The van der Waals surface area contributed by atoms with Gasteiger partial charge in [-0.2, -0.15) is 5.10 Å². The molecule has 1 rings (SSSR count). The molecule has 0 saturated carbocycles. The van der Waals surface area contributed by atoms with Crippen molar-refractivity contribution in [3.05, 3.63) is 24.5 Å². The van der Waals surface area contributed by atoms with Crippen molar-refractivity contribution in [3.63, 3.8) is 0 Å². The Morgan fingerprint density at radius 1 is 1.56 bits per heavy atom. The summed E-state index contributed by atoms with van der Waals surface area (Å²) in [6, 6.07) is 3.32. The van der Waals surface area contributed by atoms with Gasteiger partial charge in [0.2, 0.25) is 5.78 Å². The lowest BCUT2D eigenvalue weighted by Crippen LogP contribution is -2.21. The lowest BCUT2D eigenvalue weighted by Gasteiger charge is -2.00. The van der Waals surface area contributed by atoms with E-state index >= 15 is 0 Å². The molecular weight excluding hydrogens is 210 g/mol. The minimum atomic E-state index is -0.473. The molecular formula is C10H11N3O3. The number of pyridine rings is 1. The predicted molar refractivity (Wildman–Crippen MR) is 58.2 cm³/mol. The summed E-state index contributed by atoms with van der Waals surface area (Å²) >= 11 is 0. The first-order valence-corrected chi connectivity index (χ1v) is 4.49. The fraction of sp³-hybridized carbons (Fsp3) is 0.200. The van der Waals surface area contributed by atoms with Gasteiger partial charge in [-0.05, 0) is 12.1 Å². The van der Waals surface area contributed by atoms with E-state index in [1.165, 1.54) is 7.11 Å². The number of carbonyl (C=O) groups is 2. The van der Waals surface area contributed by atoms with Gasteiger partial charge in [0.1, 0.15) is 6.61 Å². The smallest absolute Gasteiger partial charge is 0.211 e. The summed E-state index contributed by atoms with van der Waals surface area (Å²) in [6.45, 7) is -0.171. The lowest BCUT2D eigenvalue weighted by atomic mass is 10.3. The van der Waals surface area contributed by atoms with E-state index in [0.29, 0.717) is 12.0 Å².